The summed E-state index contributed by atoms with van der Waals surface area (Å²) < 4.78 is 23.0. The molecule has 0 saturated heterocycles. The summed E-state index contributed by atoms with van der Waals surface area (Å²) in [5.74, 6) is 0.782. The zero-order chi connectivity index (χ0) is 23.3. The van der Waals surface area contributed by atoms with Gasteiger partial charge in [0.2, 0.25) is 0 Å². The molecule has 3 aromatic rings. The Morgan fingerprint density at radius 1 is 0.750 bits per heavy atom. The minimum Gasteiger partial charge on any atom is -0.508 e. The fourth-order valence-corrected chi connectivity index (χ4v) is 4.63. The Labute approximate surface area is 189 Å². The Bertz CT molecular complexity index is 1130. The largest absolute Gasteiger partial charge is 0.584 e. The Kier molecular flexibility index (Phi) is 7.44. The van der Waals surface area contributed by atoms with Crippen LogP contribution in [-0.2, 0) is 4.57 Å². The number of rotatable bonds is 8. The zero-order valence-corrected chi connectivity index (χ0v) is 19.7. The van der Waals surface area contributed by atoms with Crippen molar-refractivity contribution in [3.8, 4) is 17.2 Å². The van der Waals surface area contributed by atoms with Crippen molar-refractivity contribution in [1.29, 1.82) is 0 Å². The molecule has 3 rings (SSSR count). The van der Waals surface area contributed by atoms with Gasteiger partial charge in [0.05, 0.1) is 0 Å². The molecule has 0 aliphatic rings. The first-order valence-electron chi connectivity index (χ1n) is 10.6. The first-order chi connectivity index (χ1) is 15.2. The van der Waals surface area contributed by atoms with Gasteiger partial charge in [-0.1, -0.05) is 44.2 Å². The van der Waals surface area contributed by atoms with Crippen LogP contribution in [0, 0.1) is 13.8 Å². The van der Waals surface area contributed by atoms with Gasteiger partial charge in [-0.2, -0.15) is 0 Å². The van der Waals surface area contributed by atoms with Gasteiger partial charge in [-0.15, -0.1) is 0 Å². The van der Waals surface area contributed by atoms with Crippen LogP contribution in [0.3, 0.4) is 0 Å². The summed E-state index contributed by atoms with van der Waals surface area (Å²) in [6, 6.07) is 19.6. The van der Waals surface area contributed by atoms with Crippen LogP contribution in [0.25, 0.3) is 11.1 Å². The van der Waals surface area contributed by atoms with Gasteiger partial charge < -0.3 is 14.2 Å². The molecule has 0 amide bonds. The highest BCUT2D eigenvalue weighted by molar-refractivity contribution is 7.48. The highest BCUT2D eigenvalue weighted by Crippen LogP contribution is 2.45. The number of aromatic hydroxyl groups is 1. The monoisotopic (exact) mass is 452 g/mol. The van der Waals surface area contributed by atoms with Crippen molar-refractivity contribution in [3.05, 3.63) is 89.0 Å². The minimum atomic E-state index is -4.33. The number of aryl methyl sites for hydroxylation is 2. The molecule has 3 aromatic carbocycles. The van der Waals surface area contributed by atoms with Gasteiger partial charge in [-0.05, 0) is 96.5 Å². The van der Waals surface area contributed by atoms with E-state index in [0.29, 0.717) is 5.75 Å². The number of hydrogen-bond donors (Lipinski definition) is 2. The van der Waals surface area contributed by atoms with Gasteiger partial charge in [0, 0.05) is 0 Å². The second-order valence-corrected chi connectivity index (χ2v) is 9.01. The van der Waals surface area contributed by atoms with Gasteiger partial charge >= 0.3 is 7.82 Å². The highest BCUT2D eigenvalue weighted by Gasteiger charge is 2.25. The normalized spacial score (nSPS) is 13.8. The Hall–Kier alpha value is -3.01. The third-order valence-corrected chi connectivity index (χ3v) is 6.01. The second kappa shape index (κ2) is 10.1. The SMILES string of the molecule is CC/C(=C(/CC)c1ccc(OP(=O)(O)Oc2cc(C)cc(C)c2)cc1)c1ccc(O)cc1. The molecule has 0 spiro atoms. The molecule has 5 nitrogen and oxygen atoms in total. The van der Waals surface area contributed by atoms with Crippen molar-refractivity contribution < 1.29 is 23.6 Å². The first-order valence-corrected chi connectivity index (χ1v) is 12.1. The highest BCUT2D eigenvalue weighted by atomic mass is 31.2. The van der Waals surface area contributed by atoms with Crippen molar-refractivity contribution in [2.45, 2.75) is 40.5 Å². The smallest absolute Gasteiger partial charge is 0.508 e. The molecule has 1 atom stereocenters. The molecule has 0 aliphatic heterocycles. The third kappa shape index (κ3) is 6.03. The van der Waals surface area contributed by atoms with E-state index in [1.54, 1.807) is 36.4 Å². The molecule has 32 heavy (non-hydrogen) atoms. The van der Waals surface area contributed by atoms with Crippen LogP contribution >= 0.6 is 7.82 Å². The summed E-state index contributed by atoms with van der Waals surface area (Å²) >= 11 is 0. The Balaban J connectivity index is 1.82. The summed E-state index contributed by atoms with van der Waals surface area (Å²) in [6.07, 6.45) is 1.65. The number of hydrogen-bond acceptors (Lipinski definition) is 4. The predicted molar refractivity (Wildman–Crippen MR) is 129 cm³/mol. The van der Waals surface area contributed by atoms with Crippen molar-refractivity contribution >= 4 is 19.0 Å². The van der Waals surface area contributed by atoms with E-state index >= 15 is 0 Å². The molecule has 0 fully saturated rings. The number of phenols is 1. The van der Waals surface area contributed by atoms with Crippen molar-refractivity contribution in [2.75, 3.05) is 0 Å². The maximum atomic E-state index is 12.5. The van der Waals surface area contributed by atoms with E-state index in [9.17, 15) is 14.6 Å². The zero-order valence-electron chi connectivity index (χ0n) is 18.8. The molecule has 6 heteroatoms. The Morgan fingerprint density at radius 3 is 1.66 bits per heavy atom. The van der Waals surface area contributed by atoms with Crippen molar-refractivity contribution in [3.63, 3.8) is 0 Å². The lowest BCUT2D eigenvalue weighted by molar-refractivity contribution is 0.291. The number of phenolic OH excluding ortho intramolecular Hbond substituents is 1. The summed E-state index contributed by atoms with van der Waals surface area (Å²) in [7, 11) is -4.33. The van der Waals surface area contributed by atoms with Gasteiger partial charge in [-0.3, -0.25) is 4.89 Å². The molecule has 168 valence electrons. The number of allylic oxidation sites excluding steroid dienone is 2. The standard InChI is InChI=1S/C26H29O5P/c1-5-25(20-7-11-22(27)12-8-20)26(6-2)21-9-13-23(14-10-21)30-32(28,29)31-24-16-18(3)15-19(4)17-24/h7-17,27H,5-6H2,1-4H3,(H,28,29)/b26-25+. The quantitative estimate of drug-likeness (QED) is 0.277. The van der Waals surface area contributed by atoms with Crippen molar-refractivity contribution in [1.82, 2.24) is 0 Å². The van der Waals surface area contributed by atoms with E-state index in [4.69, 9.17) is 9.05 Å². The molecular formula is C26H29O5P. The van der Waals surface area contributed by atoms with Crippen LogP contribution < -0.4 is 9.05 Å². The molecule has 0 aliphatic carbocycles. The lowest BCUT2D eigenvalue weighted by Gasteiger charge is -2.16. The van der Waals surface area contributed by atoms with E-state index in [2.05, 4.69) is 13.8 Å². The van der Waals surface area contributed by atoms with Gasteiger partial charge in [0.25, 0.3) is 0 Å². The summed E-state index contributed by atoms with van der Waals surface area (Å²) in [4.78, 5) is 10.2. The van der Waals surface area contributed by atoms with Gasteiger partial charge in [0.15, 0.2) is 0 Å². The second-order valence-electron chi connectivity index (χ2n) is 7.71. The van der Waals surface area contributed by atoms with Crippen LogP contribution in [0.15, 0.2) is 66.7 Å². The van der Waals surface area contributed by atoms with Crippen LogP contribution in [0.1, 0.15) is 48.9 Å². The minimum absolute atomic E-state index is 0.236. The molecule has 0 aromatic heterocycles. The van der Waals surface area contributed by atoms with Gasteiger partial charge in [-0.25, -0.2) is 4.57 Å². The molecule has 0 bridgehead atoms. The van der Waals surface area contributed by atoms with Gasteiger partial charge in [0.1, 0.15) is 17.2 Å². The Morgan fingerprint density at radius 2 is 1.19 bits per heavy atom. The van der Waals surface area contributed by atoms with Crippen LogP contribution in [0.2, 0.25) is 0 Å². The molecule has 0 radical (unpaired) electrons. The average molecular weight is 452 g/mol. The van der Waals surface area contributed by atoms with Crippen LogP contribution in [0.4, 0.5) is 0 Å². The molecular weight excluding hydrogens is 423 g/mol. The van der Waals surface area contributed by atoms with Crippen LogP contribution in [-0.4, -0.2) is 10.00 Å². The average Bonchev–Trinajstić information content (AvgIpc) is 2.72. The maximum Gasteiger partial charge on any atom is 0.584 e. The van der Waals surface area contributed by atoms with E-state index in [-0.39, 0.29) is 11.5 Å². The first kappa shape index (κ1) is 23.6. The number of phosphoric acid groups is 1. The fourth-order valence-electron chi connectivity index (χ4n) is 3.83. The third-order valence-electron chi connectivity index (χ3n) is 5.13. The summed E-state index contributed by atoms with van der Waals surface area (Å²) in [6.45, 7) is 7.98. The molecule has 0 saturated carbocycles. The van der Waals surface area contributed by atoms with E-state index < -0.39 is 7.82 Å². The van der Waals surface area contributed by atoms with E-state index in [1.165, 1.54) is 11.1 Å². The number of benzene rings is 3. The maximum absolute atomic E-state index is 12.5. The predicted octanol–water partition coefficient (Wildman–Crippen LogP) is 7.30. The molecule has 1 unspecified atom stereocenters. The molecule has 0 heterocycles. The number of phosphoric ester groups is 1. The lowest BCUT2D eigenvalue weighted by atomic mass is 9.91. The van der Waals surface area contributed by atoms with E-state index in [1.807, 2.05) is 44.2 Å². The van der Waals surface area contributed by atoms with E-state index in [0.717, 1.165) is 35.1 Å². The summed E-state index contributed by atoms with van der Waals surface area (Å²) in [5.41, 5.74) is 6.29. The van der Waals surface area contributed by atoms with Crippen LogP contribution in [0.5, 0.6) is 17.2 Å². The topological polar surface area (TPSA) is 76.0 Å². The lowest BCUT2D eigenvalue weighted by Crippen LogP contribution is -2.00. The summed E-state index contributed by atoms with van der Waals surface area (Å²) in [5, 5.41) is 9.58. The molecule has 2 N–H and O–H groups in total. The van der Waals surface area contributed by atoms with Crippen molar-refractivity contribution in [2.24, 2.45) is 0 Å². The fraction of sp³-hybridized carbons (Fsp3) is 0.231.